The molecule has 0 fully saturated rings. The monoisotopic (exact) mass is 439 g/mol. The molecule has 0 saturated heterocycles. The van der Waals surface area contributed by atoms with E-state index in [1.54, 1.807) is 30.3 Å². The highest BCUT2D eigenvalue weighted by Gasteiger charge is 2.14. The first-order chi connectivity index (χ1) is 14.5. The molecule has 0 spiro atoms. The Morgan fingerprint density at radius 1 is 0.900 bits per heavy atom. The van der Waals surface area contributed by atoms with Gasteiger partial charge in [-0.05, 0) is 48.5 Å². The Balaban J connectivity index is 1.76. The summed E-state index contributed by atoms with van der Waals surface area (Å²) in [6.07, 6.45) is 0. The number of fused-ring (bicyclic) bond motifs is 1. The summed E-state index contributed by atoms with van der Waals surface area (Å²) in [5, 5.41) is 18.1. The van der Waals surface area contributed by atoms with Crippen molar-refractivity contribution in [3.8, 4) is 5.75 Å². The summed E-state index contributed by atoms with van der Waals surface area (Å²) in [5.41, 5.74) is 4.69. The van der Waals surface area contributed by atoms with Gasteiger partial charge in [-0.15, -0.1) is 5.10 Å². The highest BCUT2D eigenvalue weighted by Crippen LogP contribution is 2.25. The molecule has 30 heavy (non-hydrogen) atoms. The normalized spacial score (nSPS) is 11.5. The number of para-hydroxylation sites is 1. The van der Waals surface area contributed by atoms with Crippen molar-refractivity contribution in [2.45, 2.75) is 0 Å². The van der Waals surface area contributed by atoms with Crippen LogP contribution in [0.25, 0.3) is 11.0 Å². The van der Waals surface area contributed by atoms with Gasteiger partial charge in [0.2, 0.25) is 5.55 Å². The van der Waals surface area contributed by atoms with Crippen LogP contribution in [0.4, 0.5) is 11.4 Å². The van der Waals surface area contributed by atoms with Gasteiger partial charge in [0.15, 0.2) is 0 Å². The van der Waals surface area contributed by atoms with Crippen LogP contribution in [0.5, 0.6) is 5.75 Å². The number of hydrogen-bond donors (Lipinski definition) is 3. The maximum Gasteiger partial charge on any atom is 0.261 e. The molecule has 0 aliphatic carbocycles. The van der Waals surface area contributed by atoms with E-state index in [0.717, 1.165) is 5.69 Å². The van der Waals surface area contributed by atoms with Gasteiger partial charge in [0.05, 0.1) is 15.7 Å². The number of anilines is 2. The number of aromatic hydroxyl groups is 1. The van der Waals surface area contributed by atoms with Crippen LogP contribution in [0.3, 0.4) is 0 Å². The zero-order valence-corrected chi connectivity index (χ0v) is 16.9. The maximum absolute atomic E-state index is 13.0. The minimum Gasteiger partial charge on any atom is -0.508 e. The lowest BCUT2D eigenvalue weighted by atomic mass is 10.1. The smallest absolute Gasteiger partial charge is 0.261 e. The number of amides is 1. The summed E-state index contributed by atoms with van der Waals surface area (Å²) in [7, 11) is 0. The molecular formula is C22H15Cl2N3O3. The van der Waals surface area contributed by atoms with Crippen molar-refractivity contribution in [1.82, 2.24) is 0 Å². The van der Waals surface area contributed by atoms with Crippen LogP contribution in [0, 0.1) is 0 Å². The SMILES string of the molecule is O=C(Nc1ccc(Cl)c(Cl)c1)c1cc2ccc(O)cc2o/c1=N/Nc1ccccc1. The number of phenols is 1. The number of benzene rings is 3. The fraction of sp³-hybridized carbons (Fsp3) is 0. The van der Waals surface area contributed by atoms with Crippen LogP contribution >= 0.6 is 23.2 Å². The standard InChI is InChI=1S/C22H15Cl2N3O3/c23-18-9-7-15(11-19(18)24)25-21(29)17-10-13-6-8-16(28)12-20(13)30-22(17)27-26-14-4-2-1-3-5-14/h1-12,26,28H,(H,25,29)/b27-22+. The second-order valence-electron chi connectivity index (χ2n) is 6.36. The predicted molar refractivity (Wildman–Crippen MR) is 118 cm³/mol. The van der Waals surface area contributed by atoms with E-state index in [1.165, 1.54) is 12.1 Å². The number of rotatable bonds is 4. The van der Waals surface area contributed by atoms with Crippen LogP contribution in [0.1, 0.15) is 10.4 Å². The van der Waals surface area contributed by atoms with E-state index in [2.05, 4.69) is 15.8 Å². The molecule has 6 nitrogen and oxygen atoms in total. The van der Waals surface area contributed by atoms with Crippen LogP contribution in [0.15, 0.2) is 82.3 Å². The van der Waals surface area contributed by atoms with Crippen molar-refractivity contribution in [3.63, 3.8) is 0 Å². The van der Waals surface area contributed by atoms with Gasteiger partial charge < -0.3 is 14.8 Å². The lowest BCUT2D eigenvalue weighted by Gasteiger charge is -2.08. The zero-order valence-electron chi connectivity index (χ0n) is 15.4. The first-order valence-corrected chi connectivity index (χ1v) is 9.63. The first-order valence-electron chi connectivity index (χ1n) is 8.88. The third-order valence-corrected chi connectivity index (χ3v) is 4.96. The molecular weight excluding hydrogens is 425 g/mol. The number of nitrogens with one attached hydrogen (secondary N) is 2. The zero-order chi connectivity index (χ0) is 21.1. The van der Waals surface area contributed by atoms with Crippen molar-refractivity contribution < 1.29 is 14.3 Å². The molecule has 0 atom stereocenters. The van der Waals surface area contributed by atoms with Crippen LogP contribution in [-0.4, -0.2) is 11.0 Å². The van der Waals surface area contributed by atoms with Gasteiger partial charge in [-0.25, -0.2) is 0 Å². The summed E-state index contributed by atoms with van der Waals surface area (Å²) in [6, 6.07) is 20.3. The van der Waals surface area contributed by atoms with E-state index < -0.39 is 5.91 Å². The van der Waals surface area contributed by atoms with Gasteiger partial charge in [-0.2, -0.15) is 0 Å². The summed E-state index contributed by atoms with van der Waals surface area (Å²) in [5.74, 6) is -0.401. The number of carbonyl (C=O) groups excluding carboxylic acids is 1. The third kappa shape index (κ3) is 4.40. The molecule has 8 heteroatoms. The first kappa shape index (κ1) is 19.8. The van der Waals surface area contributed by atoms with E-state index >= 15 is 0 Å². The van der Waals surface area contributed by atoms with Gasteiger partial charge >= 0.3 is 0 Å². The predicted octanol–water partition coefficient (Wildman–Crippen LogP) is 5.63. The van der Waals surface area contributed by atoms with E-state index in [0.29, 0.717) is 26.7 Å². The van der Waals surface area contributed by atoms with E-state index in [9.17, 15) is 9.90 Å². The summed E-state index contributed by atoms with van der Waals surface area (Å²) in [6.45, 7) is 0. The number of phenolic OH excluding ortho intramolecular Hbond substituents is 1. The average molecular weight is 440 g/mol. The minimum absolute atomic E-state index is 0.0428. The molecule has 0 aliphatic rings. The lowest BCUT2D eigenvalue weighted by Crippen LogP contribution is -2.22. The van der Waals surface area contributed by atoms with Gasteiger partial charge in [0.25, 0.3) is 5.91 Å². The second-order valence-corrected chi connectivity index (χ2v) is 7.17. The van der Waals surface area contributed by atoms with Crippen molar-refractivity contribution in [1.29, 1.82) is 0 Å². The summed E-state index contributed by atoms with van der Waals surface area (Å²) < 4.78 is 5.80. The molecule has 4 aromatic rings. The minimum atomic E-state index is -0.444. The topological polar surface area (TPSA) is 86.9 Å². The second kappa shape index (κ2) is 8.49. The Morgan fingerprint density at radius 3 is 2.47 bits per heavy atom. The molecule has 0 radical (unpaired) electrons. The van der Waals surface area contributed by atoms with Crippen LogP contribution in [-0.2, 0) is 0 Å². The van der Waals surface area contributed by atoms with E-state index in [4.69, 9.17) is 27.6 Å². The van der Waals surface area contributed by atoms with Crippen molar-refractivity contribution in [3.05, 3.63) is 94.0 Å². The number of hydrogen-bond acceptors (Lipinski definition) is 5. The van der Waals surface area contributed by atoms with Crippen LogP contribution in [0.2, 0.25) is 10.0 Å². The van der Waals surface area contributed by atoms with Crippen LogP contribution < -0.4 is 16.3 Å². The molecule has 3 N–H and O–H groups in total. The lowest BCUT2D eigenvalue weighted by molar-refractivity contribution is 0.102. The van der Waals surface area contributed by atoms with Gasteiger partial charge in [0.1, 0.15) is 16.9 Å². The van der Waals surface area contributed by atoms with Gasteiger partial charge in [0, 0.05) is 17.1 Å². The largest absolute Gasteiger partial charge is 0.508 e. The van der Waals surface area contributed by atoms with Crippen molar-refractivity contribution in [2.75, 3.05) is 10.7 Å². The Kier molecular flexibility index (Phi) is 5.61. The number of halogens is 2. The molecule has 0 unspecified atom stereocenters. The highest BCUT2D eigenvalue weighted by atomic mass is 35.5. The van der Waals surface area contributed by atoms with Crippen molar-refractivity contribution >= 4 is 51.5 Å². The Bertz CT molecular complexity index is 1300. The fourth-order valence-corrected chi connectivity index (χ4v) is 3.05. The molecule has 0 saturated carbocycles. The molecule has 3 aromatic carbocycles. The molecule has 1 amide bonds. The Hall–Kier alpha value is -3.48. The van der Waals surface area contributed by atoms with E-state index in [-0.39, 0.29) is 16.9 Å². The fourth-order valence-electron chi connectivity index (χ4n) is 2.75. The summed E-state index contributed by atoms with van der Waals surface area (Å²) >= 11 is 12.0. The molecule has 4 rings (SSSR count). The Labute approximate surface area is 181 Å². The van der Waals surface area contributed by atoms with Crippen molar-refractivity contribution in [2.24, 2.45) is 5.10 Å². The van der Waals surface area contributed by atoms with Gasteiger partial charge in [-0.3, -0.25) is 10.2 Å². The molecule has 0 aliphatic heterocycles. The van der Waals surface area contributed by atoms with E-state index in [1.807, 2.05) is 30.3 Å². The summed E-state index contributed by atoms with van der Waals surface area (Å²) in [4.78, 5) is 13.0. The highest BCUT2D eigenvalue weighted by molar-refractivity contribution is 6.42. The molecule has 1 aromatic heterocycles. The Morgan fingerprint density at radius 2 is 1.70 bits per heavy atom. The molecule has 150 valence electrons. The average Bonchev–Trinajstić information content (AvgIpc) is 2.75. The quantitative estimate of drug-likeness (QED) is 0.359. The number of nitrogens with zero attached hydrogens (tertiary/aromatic N) is 1. The van der Waals surface area contributed by atoms with Gasteiger partial charge in [-0.1, -0.05) is 41.4 Å². The number of carbonyl (C=O) groups is 1. The molecule has 0 bridgehead atoms. The maximum atomic E-state index is 13.0. The third-order valence-electron chi connectivity index (χ3n) is 4.22. The molecule has 1 heterocycles.